The van der Waals surface area contributed by atoms with E-state index in [1.54, 1.807) is 17.9 Å². The summed E-state index contributed by atoms with van der Waals surface area (Å²) >= 11 is 1.37. The van der Waals surface area contributed by atoms with Crippen LogP contribution in [0.15, 0.2) is 36.1 Å². The second-order valence-corrected chi connectivity index (χ2v) is 4.09. The van der Waals surface area contributed by atoms with Gasteiger partial charge in [-0.15, -0.1) is 11.3 Å². The molecule has 4 heteroatoms. The number of aromatic nitrogens is 2. The predicted molar refractivity (Wildman–Crippen MR) is 59.1 cm³/mol. The number of hydrogen-bond acceptors (Lipinski definition) is 4. The molecular weight excluding hydrogens is 208 g/mol. The highest BCUT2D eigenvalue weighted by Crippen LogP contribution is 2.20. The molecule has 0 N–H and O–H groups in total. The molecule has 0 saturated carbocycles. The molecule has 15 heavy (non-hydrogen) atoms. The van der Waals surface area contributed by atoms with Gasteiger partial charge in [0.2, 0.25) is 0 Å². The molecule has 0 radical (unpaired) electrons. The Kier molecular flexibility index (Phi) is 2.87. The fraction of sp³-hybridized carbons (Fsp3) is 0.182. The van der Waals surface area contributed by atoms with Crippen LogP contribution >= 0.6 is 11.3 Å². The highest BCUT2D eigenvalue weighted by atomic mass is 32.1. The number of carbonyl (C=O) groups excluding carboxylic acids is 1. The summed E-state index contributed by atoms with van der Waals surface area (Å²) in [5.74, 6) is -0.122. The maximum atomic E-state index is 11.9. The summed E-state index contributed by atoms with van der Waals surface area (Å²) in [4.78, 5) is 20.7. The lowest BCUT2D eigenvalue weighted by Gasteiger charge is -2.07. The lowest BCUT2D eigenvalue weighted by molar-refractivity contribution is 0.0968. The zero-order chi connectivity index (χ0) is 10.7. The van der Waals surface area contributed by atoms with Crippen molar-refractivity contribution < 1.29 is 4.79 Å². The van der Waals surface area contributed by atoms with Gasteiger partial charge in [-0.05, 0) is 19.1 Å². The molecule has 0 aromatic carbocycles. The van der Waals surface area contributed by atoms with Crippen LogP contribution in [0, 0.1) is 0 Å². The van der Waals surface area contributed by atoms with E-state index in [0.717, 1.165) is 5.69 Å². The first-order chi connectivity index (χ1) is 7.29. The smallest absolute Gasteiger partial charge is 0.183 e. The van der Waals surface area contributed by atoms with Crippen molar-refractivity contribution in [3.63, 3.8) is 0 Å². The van der Waals surface area contributed by atoms with Gasteiger partial charge in [-0.1, -0.05) is 6.07 Å². The summed E-state index contributed by atoms with van der Waals surface area (Å²) in [7, 11) is 0. The lowest BCUT2D eigenvalue weighted by Crippen LogP contribution is -2.09. The van der Waals surface area contributed by atoms with Crippen molar-refractivity contribution in [1.82, 2.24) is 9.97 Å². The average Bonchev–Trinajstić information content (AvgIpc) is 2.82. The Balaban J connectivity index is 2.23. The van der Waals surface area contributed by atoms with Gasteiger partial charge in [0.1, 0.15) is 0 Å². The van der Waals surface area contributed by atoms with E-state index < -0.39 is 0 Å². The minimum atomic E-state index is -0.202. The van der Waals surface area contributed by atoms with Gasteiger partial charge in [0, 0.05) is 12.4 Å². The number of thiazole rings is 1. The van der Waals surface area contributed by atoms with Crippen LogP contribution in [0.2, 0.25) is 0 Å². The number of pyridine rings is 1. The van der Waals surface area contributed by atoms with E-state index in [9.17, 15) is 4.79 Å². The monoisotopic (exact) mass is 218 g/mol. The van der Waals surface area contributed by atoms with Crippen LogP contribution in [0.25, 0.3) is 0 Å². The molecule has 76 valence electrons. The summed E-state index contributed by atoms with van der Waals surface area (Å²) < 4.78 is 0. The van der Waals surface area contributed by atoms with Crippen LogP contribution in [0.3, 0.4) is 0 Å². The van der Waals surface area contributed by atoms with Crippen molar-refractivity contribution >= 4 is 17.1 Å². The van der Waals surface area contributed by atoms with Gasteiger partial charge in [-0.3, -0.25) is 14.8 Å². The number of Topliss-reactive ketones (excluding diaryl/α,β-unsaturated/α-hetero) is 1. The van der Waals surface area contributed by atoms with Gasteiger partial charge in [0.25, 0.3) is 0 Å². The maximum absolute atomic E-state index is 11.9. The summed E-state index contributed by atoms with van der Waals surface area (Å²) in [6, 6.07) is 5.59. The Hall–Kier alpha value is -1.55. The molecule has 0 aliphatic rings. The number of hydrogen-bond donors (Lipinski definition) is 0. The number of carbonyl (C=O) groups is 1. The second-order valence-electron chi connectivity index (χ2n) is 3.21. The molecular formula is C11H10N2OS. The molecule has 0 saturated heterocycles. The van der Waals surface area contributed by atoms with Gasteiger partial charge in [0.05, 0.1) is 22.0 Å². The van der Waals surface area contributed by atoms with Crippen molar-refractivity contribution in [3.8, 4) is 0 Å². The van der Waals surface area contributed by atoms with E-state index in [1.165, 1.54) is 11.3 Å². The summed E-state index contributed by atoms with van der Waals surface area (Å²) in [6.45, 7) is 1.87. The lowest BCUT2D eigenvalue weighted by atomic mass is 10.0. The van der Waals surface area contributed by atoms with E-state index in [4.69, 9.17) is 0 Å². The standard InChI is InChI=1S/C11H10N2OS/c1-8(9-4-2-3-5-13-9)11(14)10-6-12-7-15-10/h2-8H,1H3. The van der Waals surface area contributed by atoms with E-state index >= 15 is 0 Å². The van der Waals surface area contributed by atoms with E-state index in [0.29, 0.717) is 4.88 Å². The molecule has 2 aromatic rings. The highest BCUT2D eigenvalue weighted by Gasteiger charge is 2.18. The molecule has 0 amide bonds. The van der Waals surface area contributed by atoms with Crippen molar-refractivity contribution in [2.75, 3.05) is 0 Å². The molecule has 0 aliphatic carbocycles. The topological polar surface area (TPSA) is 42.9 Å². The van der Waals surface area contributed by atoms with Crippen LogP contribution < -0.4 is 0 Å². The van der Waals surface area contributed by atoms with Crippen LogP contribution in [-0.2, 0) is 0 Å². The fourth-order valence-corrected chi connectivity index (χ4v) is 1.97. The first-order valence-corrected chi connectivity index (χ1v) is 5.50. The highest BCUT2D eigenvalue weighted by molar-refractivity contribution is 7.11. The number of ketones is 1. The largest absolute Gasteiger partial charge is 0.292 e. The minimum Gasteiger partial charge on any atom is -0.292 e. The van der Waals surface area contributed by atoms with Gasteiger partial charge >= 0.3 is 0 Å². The summed E-state index contributed by atoms with van der Waals surface area (Å²) in [6.07, 6.45) is 3.30. The summed E-state index contributed by atoms with van der Waals surface area (Å²) in [5.41, 5.74) is 2.47. The van der Waals surface area contributed by atoms with Crippen LogP contribution in [0.4, 0.5) is 0 Å². The van der Waals surface area contributed by atoms with Gasteiger partial charge in [-0.25, -0.2) is 0 Å². The zero-order valence-corrected chi connectivity index (χ0v) is 9.07. The molecule has 1 atom stereocenters. The van der Waals surface area contributed by atoms with E-state index in [2.05, 4.69) is 9.97 Å². The normalized spacial score (nSPS) is 12.3. The SMILES string of the molecule is CC(C(=O)c1cncs1)c1ccccn1. The van der Waals surface area contributed by atoms with Gasteiger partial charge in [0.15, 0.2) is 5.78 Å². The molecule has 1 unspecified atom stereocenters. The molecule has 0 bridgehead atoms. The number of nitrogens with zero attached hydrogens (tertiary/aromatic N) is 2. The second kappa shape index (κ2) is 4.31. The van der Waals surface area contributed by atoms with Gasteiger partial charge in [-0.2, -0.15) is 0 Å². The third-order valence-electron chi connectivity index (χ3n) is 2.20. The molecule has 2 rings (SSSR count). The fourth-order valence-electron chi connectivity index (χ4n) is 1.32. The van der Waals surface area contributed by atoms with Crippen molar-refractivity contribution in [1.29, 1.82) is 0 Å². The average molecular weight is 218 g/mol. The maximum Gasteiger partial charge on any atom is 0.183 e. The van der Waals surface area contributed by atoms with E-state index in [-0.39, 0.29) is 11.7 Å². The minimum absolute atomic E-state index is 0.0798. The first kappa shape index (κ1) is 9.98. The Morgan fingerprint density at radius 2 is 2.33 bits per heavy atom. The van der Waals surface area contributed by atoms with Crippen LogP contribution in [0.5, 0.6) is 0 Å². The third-order valence-corrected chi connectivity index (χ3v) is 2.99. The Morgan fingerprint density at radius 1 is 1.47 bits per heavy atom. The first-order valence-electron chi connectivity index (χ1n) is 4.62. The molecule has 3 nitrogen and oxygen atoms in total. The van der Waals surface area contributed by atoms with Crippen molar-refractivity contribution in [3.05, 3.63) is 46.7 Å². The van der Waals surface area contributed by atoms with Crippen molar-refractivity contribution in [2.45, 2.75) is 12.8 Å². The van der Waals surface area contributed by atoms with Crippen LogP contribution in [-0.4, -0.2) is 15.8 Å². The Labute approximate surface area is 91.8 Å². The van der Waals surface area contributed by atoms with E-state index in [1.807, 2.05) is 25.1 Å². The summed E-state index contributed by atoms with van der Waals surface area (Å²) in [5, 5.41) is 0. The Morgan fingerprint density at radius 3 is 2.93 bits per heavy atom. The number of rotatable bonds is 3. The van der Waals surface area contributed by atoms with Crippen molar-refractivity contribution in [2.24, 2.45) is 0 Å². The molecule has 0 fully saturated rings. The Bertz CT molecular complexity index is 439. The van der Waals surface area contributed by atoms with Crippen LogP contribution in [0.1, 0.15) is 28.2 Å². The van der Waals surface area contributed by atoms with Gasteiger partial charge < -0.3 is 0 Å². The quantitative estimate of drug-likeness (QED) is 0.743. The molecule has 2 heterocycles. The third kappa shape index (κ3) is 2.10. The molecule has 0 spiro atoms. The molecule has 0 aliphatic heterocycles. The predicted octanol–water partition coefficient (Wildman–Crippen LogP) is 2.52. The zero-order valence-electron chi connectivity index (χ0n) is 8.25. The molecule has 2 aromatic heterocycles.